The molecule has 1 aliphatic rings. The molecule has 0 saturated heterocycles. The van der Waals surface area contributed by atoms with Gasteiger partial charge in [0.2, 0.25) is 0 Å². The van der Waals surface area contributed by atoms with Crippen LogP contribution in [-0.2, 0) is 19.5 Å². The van der Waals surface area contributed by atoms with E-state index in [2.05, 4.69) is 16.4 Å². The van der Waals surface area contributed by atoms with E-state index in [1.165, 1.54) is 18.3 Å². The van der Waals surface area contributed by atoms with Crippen LogP contribution in [0.3, 0.4) is 0 Å². The van der Waals surface area contributed by atoms with Gasteiger partial charge in [0.25, 0.3) is 11.5 Å². The maximum Gasteiger partial charge on any atom is 0.263 e. The fourth-order valence-electron chi connectivity index (χ4n) is 4.28. The number of rotatable bonds is 6. The molecule has 0 spiro atoms. The summed E-state index contributed by atoms with van der Waals surface area (Å²) in [6.45, 7) is -0.0237. The van der Waals surface area contributed by atoms with Gasteiger partial charge in [-0.2, -0.15) is 0 Å². The van der Waals surface area contributed by atoms with E-state index in [1.807, 2.05) is 36.4 Å². The van der Waals surface area contributed by atoms with E-state index in [-0.39, 0.29) is 24.2 Å². The maximum atomic E-state index is 13.5. The molecule has 0 saturated carbocycles. The quantitative estimate of drug-likeness (QED) is 0.404. The standard InChI is InChI=1S/C28H20F3N3O2/c29-23-13-18(14-24(30)26(23)31)16-34-11-3-7-22(28(34)36)27(35)33-15-17-4-1-5-19(12-17)20-8-9-25-21(20)6-2-10-32-25/h1-8,10-14H,9,15-16H2,(H,33,35). The molecular formula is C28H20F3N3O2. The molecule has 2 aromatic carbocycles. The average molecular weight is 487 g/mol. The van der Waals surface area contributed by atoms with E-state index in [4.69, 9.17) is 0 Å². The first kappa shape index (κ1) is 23.3. The highest BCUT2D eigenvalue weighted by atomic mass is 19.2. The van der Waals surface area contributed by atoms with Crippen LogP contribution in [0.1, 0.15) is 38.3 Å². The Hall–Kier alpha value is -4.46. The molecule has 0 radical (unpaired) electrons. The van der Waals surface area contributed by atoms with Gasteiger partial charge in [-0.1, -0.05) is 30.3 Å². The summed E-state index contributed by atoms with van der Waals surface area (Å²) in [5.41, 5.74) is 4.38. The summed E-state index contributed by atoms with van der Waals surface area (Å²) >= 11 is 0. The zero-order chi connectivity index (χ0) is 25.2. The van der Waals surface area contributed by atoms with Crippen molar-refractivity contribution in [1.82, 2.24) is 14.9 Å². The normalized spacial score (nSPS) is 12.2. The van der Waals surface area contributed by atoms with E-state index >= 15 is 0 Å². The molecule has 180 valence electrons. The summed E-state index contributed by atoms with van der Waals surface area (Å²) in [6.07, 6.45) is 6.06. The molecule has 0 atom stereocenters. The SMILES string of the molecule is O=C(NCc1cccc(C2=CCc3ncccc32)c1)c1cccn(Cc2cc(F)c(F)c(F)c2)c1=O. The van der Waals surface area contributed by atoms with Crippen LogP contribution in [0.5, 0.6) is 0 Å². The van der Waals surface area contributed by atoms with Crippen LogP contribution in [-0.4, -0.2) is 15.5 Å². The first-order valence-electron chi connectivity index (χ1n) is 11.3. The first-order valence-corrected chi connectivity index (χ1v) is 11.3. The Labute approximate surface area is 204 Å². The number of hydrogen-bond acceptors (Lipinski definition) is 3. The predicted octanol–water partition coefficient (Wildman–Crippen LogP) is 4.63. The van der Waals surface area contributed by atoms with Crippen molar-refractivity contribution in [2.45, 2.75) is 19.5 Å². The molecule has 5 rings (SSSR count). The van der Waals surface area contributed by atoms with Crippen LogP contribution in [0, 0.1) is 17.5 Å². The fourth-order valence-corrected chi connectivity index (χ4v) is 4.28. The van der Waals surface area contributed by atoms with Crippen molar-refractivity contribution in [2.75, 3.05) is 0 Å². The lowest BCUT2D eigenvalue weighted by Crippen LogP contribution is -2.32. The van der Waals surface area contributed by atoms with Gasteiger partial charge in [-0.3, -0.25) is 14.6 Å². The van der Waals surface area contributed by atoms with Crippen molar-refractivity contribution in [2.24, 2.45) is 0 Å². The minimum absolute atomic E-state index is 0.0564. The monoisotopic (exact) mass is 487 g/mol. The average Bonchev–Trinajstić information content (AvgIpc) is 3.31. The van der Waals surface area contributed by atoms with E-state index in [0.29, 0.717) is 0 Å². The third-order valence-electron chi connectivity index (χ3n) is 6.03. The molecule has 0 unspecified atom stereocenters. The third kappa shape index (κ3) is 4.57. The van der Waals surface area contributed by atoms with Gasteiger partial charge in [0, 0.05) is 30.9 Å². The van der Waals surface area contributed by atoms with Crippen molar-refractivity contribution >= 4 is 11.5 Å². The summed E-state index contributed by atoms with van der Waals surface area (Å²) in [5.74, 6) is -4.84. The Morgan fingerprint density at radius 1 is 0.972 bits per heavy atom. The molecule has 5 nitrogen and oxygen atoms in total. The van der Waals surface area contributed by atoms with E-state index < -0.39 is 28.9 Å². The van der Waals surface area contributed by atoms with Gasteiger partial charge in [-0.25, -0.2) is 13.2 Å². The van der Waals surface area contributed by atoms with E-state index in [0.717, 1.165) is 51.1 Å². The lowest BCUT2D eigenvalue weighted by Gasteiger charge is -2.11. The van der Waals surface area contributed by atoms with Crippen LogP contribution in [0.2, 0.25) is 0 Å². The molecule has 36 heavy (non-hydrogen) atoms. The zero-order valence-corrected chi connectivity index (χ0v) is 19.0. The van der Waals surface area contributed by atoms with E-state index in [9.17, 15) is 22.8 Å². The van der Waals surface area contributed by atoms with Crippen molar-refractivity contribution < 1.29 is 18.0 Å². The Bertz CT molecular complexity index is 1550. The van der Waals surface area contributed by atoms with Gasteiger partial charge in [-0.15, -0.1) is 0 Å². The number of aromatic nitrogens is 2. The van der Waals surface area contributed by atoms with Crippen LogP contribution in [0.15, 0.2) is 83.9 Å². The number of carbonyl (C=O) groups is 1. The number of pyridine rings is 2. The molecule has 4 aromatic rings. The van der Waals surface area contributed by atoms with Crippen molar-refractivity contribution in [3.8, 4) is 0 Å². The van der Waals surface area contributed by atoms with E-state index in [1.54, 1.807) is 6.20 Å². The Morgan fingerprint density at radius 3 is 2.58 bits per heavy atom. The lowest BCUT2D eigenvalue weighted by atomic mass is 9.99. The summed E-state index contributed by atoms with van der Waals surface area (Å²) in [4.78, 5) is 30.0. The molecule has 0 bridgehead atoms. The van der Waals surface area contributed by atoms with Gasteiger partial charge in [0.15, 0.2) is 17.5 Å². The number of hydrogen-bond donors (Lipinski definition) is 1. The predicted molar refractivity (Wildman–Crippen MR) is 129 cm³/mol. The number of fused-ring (bicyclic) bond motifs is 1. The second-order valence-electron chi connectivity index (χ2n) is 8.43. The number of nitrogens with zero attached hydrogens (tertiary/aromatic N) is 2. The highest BCUT2D eigenvalue weighted by Crippen LogP contribution is 2.31. The highest BCUT2D eigenvalue weighted by molar-refractivity contribution is 5.93. The molecule has 1 amide bonds. The van der Waals surface area contributed by atoms with Crippen molar-refractivity contribution in [3.63, 3.8) is 0 Å². The molecule has 8 heteroatoms. The van der Waals surface area contributed by atoms with Crippen LogP contribution < -0.4 is 10.9 Å². The van der Waals surface area contributed by atoms with Gasteiger partial charge in [0.1, 0.15) is 5.56 Å². The zero-order valence-electron chi connectivity index (χ0n) is 19.0. The van der Waals surface area contributed by atoms with Crippen LogP contribution >= 0.6 is 0 Å². The molecule has 1 N–H and O–H groups in total. The van der Waals surface area contributed by atoms with Gasteiger partial charge in [0.05, 0.1) is 12.2 Å². The number of allylic oxidation sites excluding steroid dienone is 1. The summed E-state index contributed by atoms with van der Waals surface area (Å²) in [7, 11) is 0. The number of halogens is 3. The largest absolute Gasteiger partial charge is 0.348 e. The summed E-state index contributed by atoms with van der Waals surface area (Å²) < 4.78 is 41.4. The number of carbonyl (C=O) groups excluding carboxylic acids is 1. The second-order valence-corrected chi connectivity index (χ2v) is 8.43. The lowest BCUT2D eigenvalue weighted by molar-refractivity contribution is 0.0948. The molecule has 2 heterocycles. The first-order chi connectivity index (χ1) is 17.4. The number of benzene rings is 2. The fraction of sp³-hybridized carbons (Fsp3) is 0.107. The minimum atomic E-state index is -1.58. The summed E-state index contributed by atoms with van der Waals surface area (Å²) in [6, 6.07) is 16.2. The highest BCUT2D eigenvalue weighted by Gasteiger charge is 2.17. The number of amides is 1. The number of nitrogens with one attached hydrogen (secondary N) is 1. The Morgan fingerprint density at radius 2 is 1.78 bits per heavy atom. The smallest absolute Gasteiger partial charge is 0.263 e. The minimum Gasteiger partial charge on any atom is -0.348 e. The Kier molecular flexibility index (Phi) is 6.25. The maximum absolute atomic E-state index is 13.5. The molecular weight excluding hydrogens is 467 g/mol. The topological polar surface area (TPSA) is 64.0 Å². The molecule has 0 aliphatic heterocycles. The third-order valence-corrected chi connectivity index (χ3v) is 6.03. The van der Waals surface area contributed by atoms with Gasteiger partial charge in [-0.05, 0) is 58.7 Å². The van der Waals surface area contributed by atoms with Crippen LogP contribution in [0.25, 0.3) is 5.57 Å². The van der Waals surface area contributed by atoms with Crippen molar-refractivity contribution in [3.05, 3.63) is 140 Å². The molecule has 2 aromatic heterocycles. The molecule has 0 fully saturated rings. The van der Waals surface area contributed by atoms with Gasteiger partial charge >= 0.3 is 0 Å². The van der Waals surface area contributed by atoms with Crippen molar-refractivity contribution in [1.29, 1.82) is 0 Å². The van der Waals surface area contributed by atoms with Crippen LogP contribution in [0.4, 0.5) is 13.2 Å². The second kappa shape index (κ2) is 9.65. The summed E-state index contributed by atoms with van der Waals surface area (Å²) in [5, 5.41) is 2.76. The molecule has 1 aliphatic carbocycles. The Balaban J connectivity index is 1.30. The van der Waals surface area contributed by atoms with Gasteiger partial charge < -0.3 is 9.88 Å².